The molecule has 1 atom stereocenters. The second-order valence-corrected chi connectivity index (χ2v) is 7.93. The van der Waals surface area contributed by atoms with Gasteiger partial charge in [-0.1, -0.05) is 105 Å². The summed E-state index contributed by atoms with van der Waals surface area (Å²) in [6.45, 7) is 6.47. The lowest BCUT2D eigenvalue weighted by Crippen LogP contribution is -2.53. The Kier molecular flexibility index (Phi) is 7.42. The molecule has 0 fully saturated rings. The lowest BCUT2D eigenvalue weighted by Gasteiger charge is -2.40. The number of ether oxygens (including phenoxy) is 1. The summed E-state index contributed by atoms with van der Waals surface area (Å²) in [6, 6.07) is 30.5. The van der Waals surface area contributed by atoms with E-state index < -0.39 is 11.6 Å². The Morgan fingerprint density at radius 3 is 1.53 bits per heavy atom. The van der Waals surface area contributed by atoms with Crippen molar-refractivity contribution in [1.82, 2.24) is 5.32 Å². The van der Waals surface area contributed by atoms with Crippen molar-refractivity contribution in [2.45, 2.75) is 38.8 Å². The molecular weight excluding hydrogens is 370 g/mol. The van der Waals surface area contributed by atoms with Crippen LogP contribution in [0.3, 0.4) is 0 Å². The maximum absolute atomic E-state index is 13.0. The number of hydrogen-bond donors (Lipinski definition) is 1. The van der Waals surface area contributed by atoms with Crippen LogP contribution >= 0.6 is 0 Å². The maximum atomic E-state index is 13.0. The molecule has 1 unspecified atom stereocenters. The average Bonchev–Trinajstić information content (AvgIpc) is 2.78. The fourth-order valence-corrected chi connectivity index (χ4v) is 4.00. The number of carbonyl (C=O) groups excluding carboxylic acids is 1. The van der Waals surface area contributed by atoms with Gasteiger partial charge >= 0.3 is 5.97 Å². The summed E-state index contributed by atoms with van der Waals surface area (Å²) in [5.41, 5.74) is 2.57. The fraction of sp³-hybridized carbons (Fsp3) is 0.296. The first-order chi connectivity index (χ1) is 14.6. The number of esters is 1. The van der Waals surface area contributed by atoms with Crippen LogP contribution in [0.2, 0.25) is 0 Å². The molecule has 0 spiro atoms. The molecule has 156 valence electrons. The molecule has 0 saturated carbocycles. The van der Waals surface area contributed by atoms with Gasteiger partial charge in [0.1, 0.15) is 6.04 Å². The van der Waals surface area contributed by atoms with Crippen molar-refractivity contribution in [3.05, 3.63) is 108 Å². The first-order valence-corrected chi connectivity index (χ1v) is 10.7. The lowest BCUT2D eigenvalue weighted by molar-refractivity contribution is -0.146. The highest BCUT2D eigenvalue weighted by Gasteiger charge is 2.40. The molecule has 0 amide bonds. The van der Waals surface area contributed by atoms with Crippen molar-refractivity contribution in [3.63, 3.8) is 0 Å². The van der Waals surface area contributed by atoms with E-state index >= 15 is 0 Å². The Labute approximate surface area is 180 Å². The highest BCUT2D eigenvalue weighted by Crippen LogP contribution is 2.37. The SMILES string of the molecule is CCOC(=O)C(CC(C)C)NC(c1ccccc1)(c1ccccc1)c1ccccc1. The van der Waals surface area contributed by atoms with E-state index in [1.807, 2.05) is 61.5 Å². The first kappa shape index (κ1) is 21.8. The summed E-state index contributed by atoms with van der Waals surface area (Å²) < 4.78 is 5.46. The van der Waals surface area contributed by atoms with E-state index in [1.165, 1.54) is 0 Å². The molecule has 0 aromatic heterocycles. The predicted molar refractivity (Wildman–Crippen MR) is 122 cm³/mol. The van der Waals surface area contributed by atoms with Crippen LogP contribution in [-0.2, 0) is 15.1 Å². The van der Waals surface area contributed by atoms with Crippen LogP contribution in [0.5, 0.6) is 0 Å². The van der Waals surface area contributed by atoms with Crippen LogP contribution < -0.4 is 5.32 Å². The lowest BCUT2D eigenvalue weighted by atomic mass is 9.76. The summed E-state index contributed by atoms with van der Waals surface area (Å²) in [6.07, 6.45) is 0.688. The molecule has 0 heterocycles. The van der Waals surface area contributed by atoms with Crippen molar-refractivity contribution < 1.29 is 9.53 Å². The van der Waals surface area contributed by atoms with Gasteiger partial charge in [0, 0.05) is 0 Å². The predicted octanol–water partition coefficient (Wildman–Crippen LogP) is 5.55. The highest BCUT2D eigenvalue weighted by atomic mass is 16.5. The van der Waals surface area contributed by atoms with E-state index in [9.17, 15) is 4.79 Å². The minimum atomic E-state index is -0.684. The topological polar surface area (TPSA) is 38.3 Å². The third kappa shape index (κ3) is 4.80. The van der Waals surface area contributed by atoms with Crippen LogP contribution in [0.15, 0.2) is 91.0 Å². The largest absolute Gasteiger partial charge is 0.465 e. The third-order valence-electron chi connectivity index (χ3n) is 5.29. The van der Waals surface area contributed by atoms with E-state index in [2.05, 4.69) is 55.6 Å². The zero-order chi connectivity index (χ0) is 21.4. The van der Waals surface area contributed by atoms with E-state index in [0.29, 0.717) is 18.9 Å². The van der Waals surface area contributed by atoms with Gasteiger partial charge in [0.25, 0.3) is 0 Å². The molecule has 30 heavy (non-hydrogen) atoms. The van der Waals surface area contributed by atoms with E-state index in [4.69, 9.17) is 4.74 Å². The molecule has 3 aromatic rings. The molecule has 3 aromatic carbocycles. The highest BCUT2D eigenvalue weighted by molar-refractivity contribution is 5.76. The summed E-state index contributed by atoms with van der Waals surface area (Å²) >= 11 is 0. The number of benzene rings is 3. The van der Waals surface area contributed by atoms with Crippen molar-refractivity contribution in [1.29, 1.82) is 0 Å². The van der Waals surface area contributed by atoms with Gasteiger partial charge in [-0.05, 0) is 36.0 Å². The van der Waals surface area contributed by atoms with Gasteiger partial charge in [0.2, 0.25) is 0 Å². The van der Waals surface area contributed by atoms with Gasteiger partial charge in [0.05, 0.1) is 12.1 Å². The van der Waals surface area contributed by atoms with Crippen molar-refractivity contribution >= 4 is 5.97 Å². The molecule has 1 N–H and O–H groups in total. The third-order valence-corrected chi connectivity index (χ3v) is 5.29. The standard InChI is InChI=1S/C27H31NO2/c1-4-30-26(29)25(20-21(2)3)28-27(22-14-8-5-9-15-22,23-16-10-6-11-17-23)24-18-12-7-13-19-24/h5-19,21,25,28H,4,20H2,1-3H3. The second-order valence-electron chi connectivity index (χ2n) is 7.93. The summed E-state index contributed by atoms with van der Waals surface area (Å²) in [5, 5.41) is 3.76. The Balaban J connectivity index is 2.23. The van der Waals surface area contributed by atoms with Gasteiger partial charge in [-0.3, -0.25) is 10.1 Å². The minimum absolute atomic E-state index is 0.210. The molecule has 0 saturated heterocycles. The van der Waals surface area contributed by atoms with Crippen LogP contribution in [0.4, 0.5) is 0 Å². The molecular formula is C27H31NO2. The molecule has 0 bridgehead atoms. The van der Waals surface area contributed by atoms with E-state index in [0.717, 1.165) is 16.7 Å². The number of hydrogen-bond acceptors (Lipinski definition) is 3. The van der Waals surface area contributed by atoms with Gasteiger partial charge in [-0.25, -0.2) is 0 Å². The zero-order valence-electron chi connectivity index (χ0n) is 18.0. The first-order valence-electron chi connectivity index (χ1n) is 10.7. The Morgan fingerprint density at radius 2 is 1.20 bits per heavy atom. The second kappa shape index (κ2) is 10.2. The monoisotopic (exact) mass is 401 g/mol. The number of nitrogens with one attached hydrogen (secondary N) is 1. The number of rotatable bonds is 9. The maximum Gasteiger partial charge on any atom is 0.323 e. The smallest absolute Gasteiger partial charge is 0.323 e. The van der Waals surface area contributed by atoms with Crippen molar-refractivity contribution in [2.24, 2.45) is 5.92 Å². The van der Waals surface area contributed by atoms with Crippen LogP contribution in [-0.4, -0.2) is 18.6 Å². The molecule has 0 aliphatic carbocycles. The molecule has 0 aliphatic heterocycles. The van der Waals surface area contributed by atoms with Crippen molar-refractivity contribution in [2.75, 3.05) is 6.61 Å². The van der Waals surface area contributed by atoms with Crippen LogP contribution in [0.25, 0.3) is 0 Å². The molecule has 0 radical (unpaired) electrons. The van der Waals surface area contributed by atoms with Crippen molar-refractivity contribution in [3.8, 4) is 0 Å². The molecule has 3 nitrogen and oxygen atoms in total. The molecule has 0 aliphatic rings. The van der Waals surface area contributed by atoms with Crippen LogP contribution in [0.1, 0.15) is 43.9 Å². The number of carbonyl (C=O) groups is 1. The van der Waals surface area contributed by atoms with Gasteiger partial charge in [-0.2, -0.15) is 0 Å². The quantitative estimate of drug-likeness (QED) is 0.378. The summed E-state index contributed by atoms with van der Waals surface area (Å²) in [5.74, 6) is 0.130. The van der Waals surface area contributed by atoms with Crippen LogP contribution in [0, 0.1) is 5.92 Å². The Hall–Kier alpha value is -2.91. The van der Waals surface area contributed by atoms with E-state index in [-0.39, 0.29) is 5.97 Å². The Morgan fingerprint density at radius 1 is 0.800 bits per heavy atom. The summed E-state index contributed by atoms with van der Waals surface area (Å²) in [4.78, 5) is 13.0. The van der Waals surface area contributed by atoms with Gasteiger partial charge < -0.3 is 4.74 Å². The van der Waals surface area contributed by atoms with Gasteiger partial charge in [-0.15, -0.1) is 0 Å². The molecule has 3 rings (SSSR count). The normalized spacial score (nSPS) is 12.5. The average molecular weight is 402 g/mol. The zero-order valence-corrected chi connectivity index (χ0v) is 18.0. The van der Waals surface area contributed by atoms with Gasteiger partial charge in [0.15, 0.2) is 0 Å². The van der Waals surface area contributed by atoms with E-state index in [1.54, 1.807) is 0 Å². The minimum Gasteiger partial charge on any atom is -0.465 e. The Bertz CT molecular complexity index is 811. The fourth-order valence-electron chi connectivity index (χ4n) is 4.00. The summed E-state index contributed by atoms with van der Waals surface area (Å²) in [7, 11) is 0. The molecule has 3 heteroatoms.